The molecular formula is C13H11BrO3S2. The molecule has 0 radical (unpaired) electrons. The van der Waals surface area contributed by atoms with E-state index in [0.29, 0.717) is 11.3 Å². The van der Waals surface area contributed by atoms with Gasteiger partial charge in [0.25, 0.3) is 0 Å². The van der Waals surface area contributed by atoms with Gasteiger partial charge in [0.1, 0.15) is 0 Å². The zero-order valence-corrected chi connectivity index (χ0v) is 13.1. The van der Waals surface area contributed by atoms with Gasteiger partial charge in [-0.05, 0) is 39.7 Å². The van der Waals surface area contributed by atoms with Gasteiger partial charge >= 0.3 is 5.97 Å². The Morgan fingerprint density at radius 2 is 2.00 bits per heavy atom. The molecular weight excluding hydrogens is 348 g/mol. The van der Waals surface area contributed by atoms with Crippen LogP contribution in [-0.2, 0) is 27.8 Å². The van der Waals surface area contributed by atoms with Crippen LogP contribution in [0.3, 0.4) is 0 Å². The lowest BCUT2D eigenvalue weighted by Gasteiger charge is -2.02. The normalized spacial score (nSPS) is 12.3. The summed E-state index contributed by atoms with van der Waals surface area (Å²) in [6.07, 6.45) is -0.00914. The summed E-state index contributed by atoms with van der Waals surface area (Å²) in [6, 6.07) is 8.85. The average Bonchev–Trinajstić information content (AvgIpc) is 2.75. The fourth-order valence-electron chi connectivity index (χ4n) is 1.58. The fraction of sp³-hybridized carbons (Fsp3) is 0.154. The summed E-state index contributed by atoms with van der Waals surface area (Å²) in [7, 11) is -1.10. The molecule has 0 aliphatic carbocycles. The Morgan fingerprint density at radius 3 is 2.53 bits per heavy atom. The molecule has 1 heterocycles. The van der Waals surface area contributed by atoms with E-state index in [0.717, 1.165) is 14.2 Å². The molecule has 3 nitrogen and oxygen atoms in total. The van der Waals surface area contributed by atoms with Gasteiger partial charge in [0.15, 0.2) is 0 Å². The average molecular weight is 359 g/mol. The second-order valence-corrected chi connectivity index (χ2v) is 7.30. The van der Waals surface area contributed by atoms with Crippen LogP contribution in [0.25, 0.3) is 0 Å². The third-order valence-corrected chi connectivity index (χ3v) is 5.69. The minimum absolute atomic E-state index is 0.00914. The molecule has 1 aromatic heterocycles. The highest BCUT2D eigenvalue weighted by Gasteiger charge is 2.08. The lowest BCUT2D eigenvalue weighted by Crippen LogP contribution is -2.00. The molecule has 0 aliphatic heterocycles. The molecule has 2 rings (SSSR count). The highest BCUT2D eigenvalue weighted by atomic mass is 79.9. The van der Waals surface area contributed by atoms with Crippen LogP contribution in [0.2, 0.25) is 0 Å². The number of hydrogen-bond acceptors (Lipinski definition) is 3. The summed E-state index contributed by atoms with van der Waals surface area (Å²) in [5.74, 6) is -0.383. The van der Waals surface area contributed by atoms with Crippen molar-refractivity contribution in [1.82, 2.24) is 0 Å². The Bertz CT molecular complexity index is 605. The van der Waals surface area contributed by atoms with E-state index >= 15 is 0 Å². The van der Waals surface area contributed by atoms with Crippen LogP contribution in [0.15, 0.2) is 45.1 Å². The van der Waals surface area contributed by atoms with Gasteiger partial charge in [0.05, 0.1) is 23.0 Å². The highest BCUT2D eigenvalue weighted by molar-refractivity contribution is 9.10. The topological polar surface area (TPSA) is 54.4 Å². The quantitative estimate of drug-likeness (QED) is 0.890. The number of carbonyl (C=O) groups is 1. The minimum atomic E-state index is -1.10. The number of carboxylic acid groups (broad SMARTS) is 1. The molecule has 0 amide bonds. The smallest absolute Gasteiger partial charge is 0.307 e. The summed E-state index contributed by atoms with van der Waals surface area (Å²) in [5.41, 5.74) is 0.715. The SMILES string of the molecule is O=C(O)Cc1ccc(S(=O)Cc2cc(Br)cs2)cc1. The number of carboxylic acids is 1. The maximum atomic E-state index is 12.1. The third kappa shape index (κ3) is 4.26. The van der Waals surface area contributed by atoms with Crippen LogP contribution in [0.4, 0.5) is 0 Å². The van der Waals surface area contributed by atoms with Gasteiger partial charge in [-0.25, -0.2) is 0 Å². The minimum Gasteiger partial charge on any atom is -0.481 e. The zero-order chi connectivity index (χ0) is 13.8. The number of benzene rings is 1. The van der Waals surface area contributed by atoms with Crippen molar-refractivity contribution < 1.29 is 14.1 Å². The molecule has 2 aromatic rings. The van der Waals surface area contributed by atoms with Crippen LogP contribution in [0.5, 0.6) is 0 Å². The number of aliphatic carboxylic acids is 1. The van der Waals surface area contributed by atoms with Gasteiger partial charge in [-0.1, -0.05) is 12.1 Å². The van der Waals surface area contributed by atoms with Gasteiger partial charge in [-0.3, -0.25) is 9.00 Å². The Balaban J connectivity index is 2.05. The lowest BCUT2D eigenvalue weighted by atomic mass is 10.2. The van der Waals surface area contributed by atoms with Crippen molar-refractivity contribution in [3.05, 3.63) is 50.6 Å². The highest BCUT2D eigenvalue weighted by Crippen LogP contribution is 2.23. The summed E-state index contributed by atoms with van der Waals surface area (Å²) >= 11 is 4.93. The molecule has 0 saturated carbocycles. The predicted molar refractivity (Wildman–Crippen MR) is 79.9 cm³/mol. The molecule has 1 aromatic carbocycles. The van der Waals surface area contributed by atoms with Crippen molar-refractivity contribution in [2.45, 2.75) is 17.1 Å². The van der Waals surface area contributed by atoms with Crippen molar-refractivity contribution >= 4 is 44.0 Å². The van der Waals surface area contributed by atoms with Crippen LogP contribution >= 0.6 is 27.3 Å². The molecule has 100 valence electrons. The van der Waals surface area contributed by atoms with E-state index in [1.54, 1.807) is 35.6 Å². The van der Waals surface area contributed by atoms with E-state index in [1.807, 2.05) is 11.4 Å². The first-order valence-corrected chi connectivity index (χ1v) is 8.46. The van der Waals surface area contributed by atoms with Gasteiger partial charge < -0.3 is 5.11 Å². The van der Waals surface area contributed by atoms with E-state index in [1.165, 1.54) is 0 Å². The maximum absolute atomic E-state index is 12.1. The van der Waals surface area contributed by atoms with Gasteiger partial charge in [0, 0.05) is 19.6 Å². The van der Waals surface area contributed by atoms with Crippen LogP contribution in [0, 0.1) is 0 Å². The molecule has 6 heteroatoms. The van der Waals surface area contributed by atoms with Gasteiger partial charge in [0.2, 0.25) is 0 Å². The second-order valence-electron chi connectivity index (χ2n) is 3.94. The van der Waals surface area contributed by atoms with Crippen molar-refractivity contribution in [2.24, 2.45) is 0 Å². The van der Waals surface area contributed by atoms with E-state index < -0.39 is 16.8 Å². The van der Waals surface area contributed by atoms with E-state index in [2.05, 4.69) is 15.9 Å². The number of hydrogen-bond donors (Lipinski definition) is 1. The molecule has 0 fully saturated rings. The molecule has 0 saturated heterocycles. The second kappa shape index (κ2) is 6.45. The largest absolute Gasteiger partial charge is 0.481 e. The summed E-state index contributed by atoms with van der Waals surface area (Å²) in [4.78, 5) is 12.3. The Kier molecular flexibility index (Phi) is 4.90. The Morgan fingerprint density at radius 1 is 1.32 bits per heavy atom. The zero-order valence-electron chi connectivity index (χ0n) is 9.84. The number of halogens is 1. The molecule has 0 spiro atoms. The maximum Gasteiger partial charge on any atom is 0.307 e. The molecule has 1 unspecified atom stereocenters. The van der Waals surface area contributed by atoms with Crippen molar-refractivity contribution in [3.8, 4) is 0 Å². The van der Waals surface area contributed by atoms with Crippen LogP contribution in [0.1, 0.15) is 10.4 Å². The molecule has 1 N–H and O–H groups in total. The number of thiophene rings is 1. The first-order chi connectivity index (χ1) is 9.04. The molecule has 0 bridgehead atoms. The van der Waals surface area contributed by atoms with Crippen LogP contribution in [-0.4, -0.2) is 15.3 Å². The van der Waals surface area contributed by atoms with Gasteiger partial charge in [-0.15, -0.1) is 11.3 Å². The summed E-state index contributed by atoms with van der Waals surface area (Å²) in [6.45, 7) is 0. The van der Waals surface area contributed by atoms with E-state index in [4.69, 9.17) is 5.11 Å². The molecule has 0 aliphatic rings. The van der Waals surface area contributed by atoms with E-state index in [9.17, 15) is 9.00 Å². The molecule has 1 atom stereocenters. The van der Waals surface area contributed by atoms with Crippen molar-refractivity contribution in [3.63, 3.8) is 0 Å². The lowest BCUT2D eigenvalue weighted by molar-refractivity contribution is -0.136. The number of rotatable bonds is 5. The fourth-order valence-corrected chi connectivity index (χ4v) is 4.35. The Hall–Kier alpha value is -0.980. The van der Waals surface area contributed by atoms with E-state index in [-0.39, 0.29) is 6.42 Å². The predicted octanol–water partition coefficient (Wildman–Crippen LogP) is 3.45. The monoisotopic (exact) mass is 358 g/mol. The van der Waals surface area contributed by atoms with Crippen molar-refractivity contribution in [1.29, 1.82) is 0 Å². The van der Waals surface area contributed by atoms with Crippen molar-refractivity contribution in [2.75, 3.05) is 0 Å². The standard InChI is InChI=1S/C13H11BrO3S2/c14-10-6-11(18-7-10)8-19(17)12-3-1-9(2-4-12)5-13(15)16/h1-4,6-7H,5,8H2,(H,15,16). The summed E-state index contributed by atoms with van der Waals surface area (Å²) in [5, 5.41) is 10.6. The molecule has 19 heavy (non-hydrogen) atoms. The third-order valence-electron chi connectivity index (χ3n) is 2.44. The summed E-state index contributed by atoms with van der Waals surface area (Å²) < 4.78 is 13.1. The first-order valence-electron chi connectivity index (χ1n) is 5.46. The Labute approximate surface area is 125 Å². The van der Waals surface area contributed by atoms with Gasteiger partial charge in [-0.2, -0.15) is 0 Å². The first kappa shape index (κ1) is 14.4. The van der Waals surface area contributed by atoms with Crippen LogP contribution < -0.4 is 0 Å².